The minimum Gasteiger partial charge on any atom is -0.496 e. The number of ketones is 1. The zero-order valence-corrected chi connectivity index (χ0v) is 11.1. The van der Waals surface area contributed by atoms with E-state index in [0.29, 0.717) is 16.0 Å². The topological polar surface area (TPSA) is 39.4 Å². The molecule has 0 saturated carbocycles. The Morgan fingerprint density at radius 2 is 2.06 bits per heavy atom. The number of aryl methyl sites for hydroxylation is 1. The molecule has 17 heavy (non-hydrogen) atoms. The third-order valence-electron chi connectivity index (χ3n) is 2.45. The number of hydrogen-bond acceptors (Lipinski definition) is 3. The fraction of sp³-hybridized carbons (Fsp3) is 0.154. The summed E-state index contributed by atoms with van der Waals surface area (Å²) in [6.45, 7) is 1.90. The zero-order valence-electron chi connectivity index (χ0n) is 9.49. The highest BCUT2D eigenvalue weighted by Crippen LogP contribution is 2.22. The molecule has 3 nitrogen and oxygen atoms in total. The predicted octanol–water partition coefficient (Wildman–Crippen LogP) is 3.59. The highest BCUT2D eigenvalue weighted by molar-refractivity contribution is 9.10. The van der Waals surface area contributed by atoms with E-state index in [9.17, 15) is 4.79 Å². The number of carbonyl (C=O) groups is 1. The molecule has 0 N–H and O–H groups in total. The summed E-state index contributed by atoms with van der Waals surface area (Å²) in [6.07, 6.45) is 0. The summed E-state index contributed by atoms with van der Waals surface area (Å²) in [5.74, 6) is 0.949. The van der Waals surface area contributed by atoms with Gasteiger partial charge in [0.05, 0.1) is 7.11 Å². The van der Waals surface area contributed by atoms with Crippen molar-refractivity contribution in [2.45, 2.75) is 6.92 Å². The van der Waals surface area contributed by atoms with Crippen molar-refractivity contribution in [1.82, 2.24) is 0 Å². The lowest BCUT2D eigenvalue weighted by Gasteiger charge is -2.05. The Balaban J connectivity index is 2.35. The molecule has 0 aliphatic heterocycles. The summed E-state index contributed by atoms with van der Waals surface area (Å²) in [5.41, 5.74) is 1.51. The van der Waals surface area contributed by atoms with Crippen LogP contribution in [0.2, 0.25) is 0 Å². The monoisotopic (exact) mass is 294 g/mol. The van der Waals surface area contributed by atoms with E-state index < -0.39 is 0 Å². The smallest absolute Gasteiger partial charge is 0.228 e. The molecule has 0 fully saturated rings. The minimum absolute atomic E-state index is 0.138. The third kappa shape index (κ3) is 2.42. The Bertz CT molecular complexity index is 558. The molecule has 0 aliphatic carbocycles. The van der Waals surface area contributed by atoms with Gasteiger partial charge in [0.25, 0.3) is 0 Å². The van der Waals surface area contributed by atoms with Gasteiger partial charge in [-0.1, -0.05) is 0 Å². The van der Waals surface area contributed by atoms with Crippen LogP contribution in [0, 0.1) is 6.92 Å². The molecule has 1 aromatic carbocycles. The summed E-state index contributed by atoms with van der Waals surface area (Å²) in [6, 6.07) is 8.64. The number of benzene rings is 1. The molecule has 4 heteroatoms. The van der Waals surface area contributed by atoms with Gasteiger partial charge in [-0.3, -0.25) is 4.79 Å². The fourth-order valence-electron chi connectivity index (χ4n) is 1.60. The van der Waals surface area contributed by atoms with Gasteiger partial charge in [-0.2, -0.15) is 0 Å². The number of rotatable bonds is 3. The van der Waals surface area contributed by atoms with Crippen LogP contribution < -0.4 is 4.74 Å². The van der Waals surface area contributed by atoms with Crippen LogP contribution >= 0.6 is 15.9 Å². The first kappa shape index (κ1) is 11.9. The number of ether oxygens (including phenoxy) is 1. The van der Waals surface area contributed by atoms with Crippen molar-refractivity contribution in [3.8, 4) is 5.75 Å². The van der Waals surface area contributed by atoms with Crippen molar-refractivity contribution in [2.24, 2.45) is 0 Å². The molecule has 0 radical (unpaired) electrons. The molecule has 0 spiro atoms. The molecule has 1 aromatic heterocycles. The Morgan fingerprint density at radius 3 is 2.59 bits per heavy atom. The fourth-order valence-corrected chi connectivity index (χ4v) is 1.90. The largest absolute Gasteiger partial charge is 0.496 e. The normalized spacial score (nSPS) is 10.3. The van der Waals surface area contributed by atoms with Crippen molar-refractivity contribution in [1.29, 1.82) is 0 Å². The average molecular weight is 295 g/mol. The summed E-state index contributed by atoms with van der Waals surface area (Å²) < 4.78 is 10.9. The van der Waals surface area contributed by atoms with Gasteiger partial charge in [0, 0.05) is 5.56 Å². The van der Waals surface area contributed by atoms with Crippen LogP contribution in [0.15, 0.2) is 39.4 Å². The van der Waals surface area contributed by atoms with Crippen molar-refractivity contribution in [3.63, 3.8) is 0 Å². The van der Waals surface area contributed by atoms with Gasteiger partial charge in [0.15, 0.2) is 10.4 Å². The van der Waals surface area contributed by atoms with Gasteiger partial charge in [-0.05, 0) is 58.7 Å². The maximum atomic E-state index is 12.1. The number of furan rings is 1. The van der Waals surface area contributed by atoms with Gasteiger partial charge >= 0.3 is 0 Å². The van der Waals surface area contributed by atoms with E-state index in [4.69, 9.17) is 9.15 Å². The molecule has 0 unspecified atom stereocenters. The van der Waals surface area contributed by atoms with E-state index in [1.807, 2.05) is 6.92 Å². The van der Waals surface area contributed by atoms with E-state index in [0.717, 1.165) is 11.3 Å². The number of methoxy groups -OCH3 is 1. The van der Waals surface area contributed by atoms with Crippen LogP contribution in [0.3, 0.4) is 0 Å². The molecule has 2 rings (SSSR count). The lowest BCUT2D eigenvalue weighted by Crippen LogP contribution is -2.00. The Labute approximate surface area is 108 Å². The Morgan fingerprint density at radius 1 is 1.29 bits per heavy atom. The van der Waals surface area contributed by atoms with Crippen molar-refractivity contribution < 1.29 is 13.9 Å². The van der Waals surface area contributed by atoms with Crippen LogP contribution in [-0.2, 0) is 0 Å². The van der Waals surface area contributed by atoms with E-state index in [1.54, 1.807) is 37.4 Å². The first-order valence-corrected chi connectivity index (χ1v) is 5.86. The van der Waals surface area contributed by atoms with Crippen LogP contribution in [-0.4, -0.2) is 12.9 Å². The summed E-state index contributed by atoms with van der Waals surface area (Å²) in [5, 5.41) is 0. The molecule has 0 amide bonds. The predicted molar refractivity (Wildman–Crippen MR) is 67.6 cm³/mol. The third-order valence-corrected chi connectivity index (χ3v) is 2.88. The van der Waals surface area contributed by atoms with Gasteiger partial charge in [-0.15, -0.1) is 0 Å². The van der Waals surface area contributed by atoms with Crippen LogP contribution in [0.25, 0.3) is 0 Å². The first-order chi connectivity index (χ1) is 8.11. The minimum atomic E-state index is -0.138. The lowest BCUT2D eigenvalue weighted by atomic mass is 10.1. The van der Waals surface area contributed by atoms with E-state index in [1.165, 1.54) is 0 Å². The molecule has 0 saturated heterocycles. The Kier molecular flexibility index (Phi) is 3.33. The molecule has 88 valence electrons. The molecule has 0 bridgehead atoms. The van der Waals surface area contributed by atoms with Gasteiger partial charge < -0.3 is 9.15 Å². The molecular weight excluding hydrogens is 284 g/mol. The molecule has 0 atom stereocenters. The number of halogens is 1. The van der Waals surface area contributed by atoms with Crippen LogP contribution in [0.4, 0.5) is 0 Å². The number of hydrogen-bond donors (Lipinski definition) is 0. The highest BCUT2D eigenvalue weighted by Gasteiger charge is 2.14. The van der Waals surface area contributed by atoms with Crippen molar-refractivity contribution in [2.75, 3.05) is 7.11 Å². The maximum Gasteiger partial charge on any atom is 0.228 e. The van der Waals surface area contributed by atoms with Crippen molar-refractivity contribution >= 4 is 21.7 Å². The lowest BCUT2D eigenvalue weighted by molar-refractivity contribution is 0.101. The zero-order chi connectivity index (χ0) is 12.4. The van der Waals surface area contributed by atoms with Gasteiger partial charge in [0.1, 0.15) is 5.75 Å². The molecule has 2 aromatic rings. The van der Waals surface area contributed by atoms with Gasteiger partial charge in [0.2, 0.25) is 5.78 Å². The van der Waals surface area contributed by atoms with Crippen molar-refractivity contribution in [3.05, 3.63) is 51.9 Å². The van der Waals surface area contributed by atoms with Crippen LogP contribution in [0.5, 0.6) is 5.75 Å². The van der Waals surface area contributed by atoms with E-state index in [2.05, 4.69) is 15.9 Å². The summed E-state index contributed by atoms with van der Waals surface area (Å²) >= 11 is 3.17. The Hall–Kier alpha value is -1.55. The van der Waals surface area contributed by atoms with E-state index in [-0.39, 0.29) is 5.78 Å². The second-order valence-corrected chi connectivity index (χ2v) is 4.40. The summed E-state index contributed by atoms with van der Waals surface area (Å²) in [7, 11) is 1.60. The first-order valence-electron chi connectivity index (χ1n) is 5.06. The maximum absolute atomic E-state index is 12.1. The highest BCUT2D eigenvalue weighted by atomic mass is 79.9. The summed E-state index contributed by atoms with van der Waals surface area (Å²) in [4.78, 5) is 12.1. The van der Waals surface area contributed by atoms with Crippen LogP contribution in [0.1, 0.15) is 21.7 Å². The second kappa shape index (κ2) is 4.75. The quantitative estimate of drug-likeness (QED) is 0.812. The SMILES string of the molecule is COc1ccc(C(=O)c2ccc(Br)o2)cc1C. The van der Waals surface area contributed by atoms with E-state index >= 15 is 0 Å². The second-order valence-electron chi connectivity index (χ2n) is 3.62. The van der Waals surface area contributed by atoms with Gasteiger partial charge in [-0.25, -0.2) is 0 Å². The molecule has 1 heterocycles. The molecular formula is C13H11BrO3. The average Bonchev–Trinajstić information content (AvgIpc) is 2.75. The molecule has 0 aliphatic rings. The standard InChI is InChI=1S/C13H11BrO3/c1-8-7-9(3-4-10(8)16-2)13(15)11-5-6-12(14)17-11/h3-7H,1-2H3. The number of carbonyl (C=O) groups excluding carboxylic acids is 1.